The maximum absolute atomic E-state index is 12.8. The van der Waals surface area contributed by atoms with Crippen molar-refractivity contribution in [1.82, 2.24) is 10.2 Å². The van der Waals surface area contributed by atoms with Gasteiger partial charge in [0, 0.05) is 50.0 Å². The normalized spacial score (nSPS) is 33.3. The molecule has 1 aromatic carbocycles. The van der Waals surface area contributed by atoms with E-state index in [0.29, 0.717) is 12.0 Å². The molecule has 0 radical (unpaired) electrons. The number of nitro groups is 1. The predicted octanol–water partition coefficient (Wildman–Crippen LogP) is 3.44. The van der Waals surface area contributed by atoms with Crippen LogP contribution in [0.1, 0.15) is 45.4 Å². The summed E-state index contributed by atoms with van der Waals surface area (Å²) in [5.74, 6) is 2.86. The van der Waals surface area contributed by atoms with Gasteiger partial charge >= 0.3 is 0 Å². The quantitative estimate of drug-likeness (QED) is 0.557. The van der Waals surface area contributed by atoms with Crippen LogP contribution in [0.25, 0.3) is 0 Å². The van der Waals surface area contributed by atoms with Crippen molar-refractivity contribution < 1.29 is 9.72 Å². The molecule has 1 atom stereocenters. The fraction of sp³-hybridized carbons (Fsp3) is 0.708. The Bertz CT molecular complexity index is 796. The first-order valence-corrected chi connectivity index (χ1v) is 11.9. The Kier molecular flexibility index (Phi) is 5.40. The molecule has 7 nitrogen and oxygen atoms in total. The molecule has 4 bridgehead atoms. The highest BCUT2D eigenvalue weighted by atomic mass is 16.6. The summed E-state index contributed by atoms with van der Waals surface area (Å²) < 4.78 is 0. The first-order valence-electron chi connectivity index (χ1n) is 11.9. The maximum atomic E-state index is 12.8. The molecule has 7 heteroatoms. The molecule has 1 heterocycles. The van der Waals surface area contributed by atoms with E-state index in [1.54, 1.807) is 12.1 Å². The third-order valence-electron chi connectivity index (χ3n) is 8.55. The maximum Gasteiger partial charge on any atom is 0.269 e. The second-order valence-corrected chi connectivity index (χ2v) is 10.6. The minimum atomic E-state index is -0.370. The van der Waals surface area contributed by atoms with E-state index in [-0.39, 0.29) is 22.6 Å². The number of piperazine rings is 1. The molecule has 1 aliphatic heterocycles. The van der Waals surface area contributed by atoms with Crippen LogP contribution in [0.2, 0.25) is 0 Å². The summed E-state index contributed by atoms with van der Waals surface area (Å²) in [4.78, 5) is 27.8. The van der Waals surface area contributed by atoms with Crippen molar-refractivity contribution in [2.24, 2.45) is 23.2 Å². The van der Waals surface area contributed by atoms with Gasteiger partial charge in [0.2, 0.25) is 5.91 Å². The number of amides is 1. The molecule has 1 aromatic rings. The molecule has 0 spiro atoms. The van der Waals surface area contributed by atoms with Gasteiger partial charge in [-0.05, 0) is 80.8 Å². The summed E-state index contributed by atoms with van der Waals surface area (Å²) in [7, 11) is 0. The number of nitrogens with one attached hydrogen (secondary N) is 1. The van der Waals surface area contributed by atoms with Crippen molar-refractivity contribution in [2.45, 2.75) is 51.5 Å². The summed E-state index contributed by atoms with van der Waals surface area (Å²) in [6, 6.07) is 7.01. The molecule has 1 N–H and O–H groups in total. The highest BCUT2D eigenvalue weighted by Gasteiger charge is 2.53. The lowest BCUT2D eigenvalue weighted by molar-refractivity contribution is -0.384. The van der Waals surface area contributed by atoms with E-state index in [0.717, 1.165) is 49.6 Å². The second kappa shape index (κ2) is 8.08. The van der Waals surface area contributed by atoms with Gasteiger partial charge in [-0.3, -0.25) is 19.8 Å². The Morgan fingerprint density at radius 3 is 2.13 bits per heavy atom. The van der Waals surface area contributed by atoms with Gasteiger partial charge in [-0.2, -0.15) is 0 Å². The van der Waals surface area contributed by atoms with E-state index in [1.807, 2.05) is 12.1 Å². The summed E-state index contributed by atoms with van der Waals surface area (Å²) in [5.41, 5.74) is 1.47. The number of benzene rings is 1. The number of rotatable bonds is 6. The van der Waals surface area contributed by atoms with Gasteiger partial charge in [-0.25, -0.2) is 0 Å². The zero-order chi connectivity index (χ0) is 21.6. The lowest BCUT2D eigenvalue weighted by atomic mass is 9.48. The van der Waals surface area contributed by atoms with Crippen LogP contribution in [-0.4, -0.2) is 54.5 Å². The van der Waals surface area contributed by atoms with Crippen molar-refractivity contribution in [2.75, 3.05) is 37.6 Å². The summed E-state index contributed by atoms with van der Waals surface area (Å²) >= 11 is 0. The zero-order valence-corrected chi connectivity index (χ0v) is 18.5. The fourth-order valence-corrected chi connectivity index (χ4v) is 7.30. The average Bonchev–Trinajstić information content (AvgIpc) is 2.73. The molecule has 5 fully saturated rings. The van der Waals surface area contributed by atoms with Crippen LogP contribution in [0.15, 0.2) is 24.3 Å². The van der Waals surface area contributed by atoms with E-state index in [4.69, 9.17) is 0 Å². The number of hydrogen-bond acceptors (Lipinski definition) is 5. The van der Waals surface area contributed by atoms with Crippen LogP contribution < -0.4 is 10.2 Å². The Morgan fingerprint density at radius 1 is 1.06 bits per heavy atom. The van der Waals surface area contributed by atoms with Gasteiger partial charge in [0.15, 0.2) is 0 Å². The number of non-ortho nitro benzene ring substituents is 1. The highest BCUT2D eigenvalue weighted by molar-refractivity contribution is 5.78. The molecule has 1 amide bonds. The second-order valence-electron chi connectivity index (χ2n) is 10.6. The molecular formula is C24H34N4O3. The topological polar surface area (TPSA) is 78.7 Å². The van der Waals surface area contributed by atoms with Crippen molar-refractivity contribution in [3.8, 4) is 0 Å². The smallest absolute Gasteiger partial charge is 0.269 e. The van der Waals surface area contributed by atoms with Crippen LogP contribution in [0.3, 0.4) is 0 Å². The molecule has 6 rings (SSSR count). The molecule has 0 aromatic heterocycles. The number of anilines is 1. The van der Waals surface area contributed by atoms with E-state index >= 15 is 0 Å². The number of nitrogens with zero attached hydrogens (tertiary/aromatic N) is 3. The van der Waals surface area contributed by atoms with Crippen LogP contribution in [0, 0.1) is 33.3 Å². The van der Waals surface area contributed by atoms with Crippen LogP contribution in [-0.2, 0) is 4.79 Å². The third-order valence-corrected chi connectivity index (χ3v) is 8.55. The van der Waals surface area contributed by atoms with E-state index in [9.17, 15) is 14.9 Å². The van der Waals surface area contributed by atoms with Gasteiger partial charge in [0.25, 0.3) is 5.69 Å². The lowest BCUT2D eigenvalue weighted by Crippen LogP contribution is -2.57. The fourth-order valence-electron chi connectivity index (χ4n) is 7.30. The molecule has 31 heavy (non-hydrogen) atoms. The molecular weight excluding hydrogens is 392 g/mol. The lowest BCUT2D eigenvalue weighted by Gasteiger charge is -2.59. The van der Waals surface area contributed by atoms with Crippen molar-refractivity contribution in [3.63, 3.8) is 0 Å². The first kappa shape index (κ1) is 20.7. The average molecular weight is 427 g/mol. The molecule has 0 unspecified atom stereocenters. The molecule has 1 saturated heterocycles. The monoisotopic (exact) mass is 426 g/mol. The SMILES string of the molecule is C[C@@H](NC(=O)CN1CCN(c2ccc([N+](=O)[O-])cc2)CC1)C12CC3CC(CC(C3)C1)C2. The van der Waals surface area contributed by atoms with Gasteiger partial charge in [-0.1, -0.05) is 0 Å². The number of carbonyl (C=O) groups is 1. The van der Waals surface area contributed by atoms with Crippen LogP contribution in [0.5, 0.6) is 0 Å². The van der Waals surface area contributed by atoms with Gasteiger partial charge in [0.05, 0.1) is 11.5 Å². The highest BCUT2D eigenvalue weighted by Crippen LogP contribution is 2.61. The van der Waals surface area contributed by atoms with Crippen LogP contribution >= 0.6 is 0 Å². The largest absolute Gasteiger partial charge is 0.369 e. The van der Waals surface area contributed by atoms with Gasteiger partial charge in [0.1, 0.15) is 0 Å². The number of hydrogen-bond donors (Lipinski definition) is 1. The van der Waals surface area contributed by atoms with Crippen molar-refractivity contribution in [3.05, 3.63) is 34.4 Å². The predicted molar refractivity (Wildman–Crippen MR) is 120 cm³/mol. The summed E-state index contributed by atoms with van der Waals surface area (Å²) in [6.07, 6.45) is 8.23. The Morgan fingerprint density at radius 2 is 1.61 bits per heavy atom. The first-order chi connectivity index (χ1) is 14.9. The number of nitro benzene ring substituents is 1. The zero-order valence-electron chi connectivity index (χ0n) is 18.5. The minimum Gasteiger partial charge on any atom is -0.369 e. The Hall–Kier alpha value is -2.15. The molecule has 5 aliphatic rings. The third kappa shape index (κ3) is 4.16. The van der Waals surface area contributed by atoms with E-state index in [2.05, 4.69) is 22.0 Å². The minimum absolute atomic E-state index is 0.118. The molecule has 4 aliphatic carbocycles. The van der Waals surface area contributed by atoms with Crippen LogP contribution in [0.4, 0.5) is 11.4 Å². The standard InChI is InChI=1S/C24H34N4O3/c1-17(24-13-18-10-19(14-24)12-20(11-18)15-24)25-23(29)16-26-6-8-27(9-7-26)21-2-4-22(5-3-21)28(30)31/h2-5,17-20H,6-16H2,1H3,(H,25,29)/t17-,18?,19?,20?,24?/m1/s1. The summed E-state index contributed by atoms with van der Waals surface area (Å²) in [6.45, 7) is 6.03. The molecule has 168 valence electrons. The Labute approximate surface area is 184 Å². The van der Waals surface area contributed by atoms with Crippen molar-refractivity contribution >= 4 is 17.3 Å². The summed E-state index contributed by atoms with van der Waals surface area (Å²) in [5, 5.41) is 14.2. The Balaban J connectivity index is 1.11. The van der Waals surface area contributed by atoms with E-state index in [1.165, 1.54) is 38.5 Å². The van der Waals surface area contributed by atoms with Gasteiger partial charge < -0.3 is 10.2 Å². The number of carbonyl (C=O) groups excluding carboxylic acids is 1. The van der Waals surface area contributed by atoms with Crippen molar-refractivity contribution in [1.29, 1.82) is 0 Å². The van der Waals surface area contributed by atoms with Gasteiger partial charge in [-0.15, -0.1) is 0 Å². The van der Waals surface area contributed by atoms with E-state index < -0.39 is 0 Å². The molecule has 4 saturated carbocycles.